The van der Waals surface area contributed by atoms with Crippen molar-refractivity contribution in [2.24, 2.45) is 5.92 Å². The molecule has 0 aliphatic heterocycles. The van der Waals surface area contributed by atoms with E-state index in [0.717, 1.165) is 11.3 Å². The molecule has 31 heavy (non-hydrogen) atoms. The molecule has 0 aliphatic rings. The van der Waals surface area contributed by atoms with Crippen molar-refractivity contribution < 1.29 is 14.3 Å². The maximum absolute atomic E-state index is 12.6. The van der Waals surface area contributed by atoms with Crippen LogP contribution in [0.15, 0.2) is 48.5 Å². The lowest BCUT2D eigenvalue weighted by atomic mass is 10.1. The van der Waals surface area contributed by atoms with Gasteiger partial charge in [-0.25, -0.2) is 0 Å². The second-order valence-electron chi connectivity index (χ2n) is 7.44. The lowest BCUT2D eigenvalue weighted by molar-refractivity contribution is -0.117. The first-order valence-electron chi connectivity index (χ1n) is 9.85. The average Bonchev–Trinajstić information content (AvgIpc) is 3.09. The van der Waals surface area contributed by atoms with Gasteiger partial charge in [-0.3, -0.25) is 19.3 Å². The highest BCUT2D eigenvalue weighted by molar-refractivity contribution is 7.71. The third kappa shape index (κ3) is 6.02. The van der Waals surface area contributed by atoms with E-state index in [1.165, 1.54) is 0 Å². The molecule has 1 heterocycles. The minimum absolute atomic E-state index is 0.00354. The van der Waals surface area contributed by atoms with E-state index in [2.05, 4.69) is 20.8 Å². The summed E-state index contributed by atoms with van der Waals surface area (Å²) in [5, 5.41) is 12.7. The number of methoxy groups -OCH3 is 1. The topological polar surface area (TPSA) is 101 Å². The van der Waals surface area contributed by atoms with Crippen LogP contribution in [0.2, 0.25) is 0 Å². The summed E-state index contributed by atoms with van der Waals surface area (Å²) in [4.78, 5) is 24.5. The predicted molar refractivity (Wildman–Crippen MR) is 123 cm³/mol. The lowest BCUT2D eigenvalue weighted by Gasteiger charge is -2.10. The van der Waals surface area contributed by atoms with Crippen molar-refractivity contribution in [3.8, 4) is 17.1 Å². The number of carbonyl (C=O) groups is 2. The van der Waals surface area contributed by atoms with Crippen molar-refractivity contribution in [2.75, 3.05) is 17.7 Å². The van der Waals surface area contributed by atoms with E-state index in [1.54, 1.807) is 35.9 Å². The van der Waals surface area contributed by atoms with Gasteiger partial charge >= 0.3 is 0 Å². The number of amides is 2. The minimum Gasteiger partial charge on any atom is -0.497 e. The van der Waals surface area contributed by atoms with Crippen LogP contribution in [0, 0.1) is 10.7 Å². The van der Waals surface area contributed by atoms with Crippen LogP contribution in [-0.4, -0.2) is 33.7 Å². The average molecular weight is 440 g/mol. The number of hydrogen-bond donors (Lipinski definition) is 3. The lowest BCUT2D eigenvalue weighted by Crippen LogP contribution is -2.19. The molecule has 2 amide bonds. The van der Waals surface area contributed by atoms with Crippen molar-refractivity contribution in [1.29, 1.82) is 0 Å². The van der Waals surface area contributed by atoms with Crippen LogP contribution in [0.1, 0.15) is 20.3 Å². The van der Waals surface area contributed by atoms with Crippen molar-refractivity contribution in [1.82, 2.24) is 14.8 Å². The monoisotopic (exact) mass is 439 g/mol. The van der Waals surface area contributed by atoms with Gasteiger partial charge in [0, 0.05) is 23.4 Å². The Labute approximate surface area is 185 Å². The van der Waals surface area contributed by atoms with Gasteiger partial charge in [-0.15, -0.1) is 0 Å². The quantitative estimate of drug-likeness (QED) is 0.456. The van der Waals surface area contributed by atoms with Crippen LogP contribution in [-0.2, 0) is 16.1 Å². The molecule has 0 bridgehead atoms. The second kappa shape index (κ2) is 10.0. The Hall–Kier alpha value is -3.46. The van der Waals surface area contributed by atoms with Crippen LogP contribution < -0.4 is 15.4 Å². The Morgan fingerprint density at radius 3 is 2.16 bits per heavy atom. The van der Waals surface area contributed by atoms with E-state index in [4.69, 9.17) is 17.0 Å². The zero-order chi connectivity index (χ0) is 22.4. The summed E-state index contributed by atoms with van der Waals surface area (Å²) in [6, 6.07) is 14.3. The highest BCUT2D eigenvalue weighted by Crippen LogP contribution is 2.21. The zero-order valence-corrected chi connectivity index (χ0v) is 18.5. The van der Waals surface area contributed by atoms with Gasteiger partial charge < -0.3 is 15.4 Å². The van der Waals surface area contributed by atoms with Crippen LogP contribution in [0.5, 0.6) is 5.75 Å². The fourth-order valence-corrected chi connectivity index (χ4v) is 3.19. The SMILES string of the molecule is COc1ccc(-c2n[nH]c(=S)n2CC(=O)Nc2ccc(NC(=O)CC(C)C)cc2)cc1. The maximum Gasteiger partial charge on any atom is 0.244 e. The Morgan fingerprint density at radius 2 is 1.61 bits per heavy atom. The van der Waals surface area contributed by atoms with Crippen molar-refractivity contribution in [3.63, 3.8) is 0 Å². The third-order valence-corrected chi connectivity index (χ3v) is 4.77. The van der Waals surface area contributed by atoms with E-state index in [1.807, 2.05) is 38.1 Å². The minimum atomic E-state index is -0.246. The third-order valence-electron chi connectivity index (χ3n) is 4.45. The molecule has 162 valence electrons. The van der Waals surface area contributed by atoms with Crippen molar-refractivity contribution >= 4 is 35.4 Å². The molecule has 0 fully saturated rings. The number of nitrogens with zero attached hydrogens (tertiary/aromatic N) is 2. The van der Waals surface area contributed by atoms with Crippen LogP contribution in [0.3, 0.4) is 0 Å². The maximum atomic E-state index is 12.6. The highest BCUT2D eigenvalue weighted by atomic mass is 32.1. The predicted octanol–water partition coefficient (Wildman–Crippen LogP) is 4.24. The molecule has 0 unspecified atom stereocenters. The molecule has 0 saturated heterocycles. The Balaban J connectivity index is 1.65. The fraction of sp³-hybridized carbons (Fsp3) is 0.273. The highest BCUT2D eigenvalue weighted by Gasteiger charge is 2.13. The smallest absolute Gasteiger partial charge is 0.244 e. The Kier molecular flexibility index (Phi) is 7.19. The number of H-pyrrole nitrogens is 1. The first kappa shape index (κ1) is 22.2. The van der Waals surface area contributed by atoms with E-state index in [0.29, 0.717) is 28.4 Å². The number of aromatic nitrogens is 3. The number of nitrogens with one attached hydrogen (secondary N) is 3. The van der Waals surface area contributed by atoms with Gasteiger partial charge in [-0.1, -0.05) is 13.8 Å². The number of anilines is 2. The van der Waals surface area contributed by atoms with E-state index < -0.39 is 0 Å². The molecule has 3 N–H and O–H groups in total. The van der Waals surface area contributed by atoms with E-state index in [-0.39, 0.29) is 24.3 Å². The Morgan fingerprint density at radius 1 is 1.03 bits per heavy atom. The molecule has 9 heteroatoms. The van der Waals surface area contributed by atoms with Crippen molar-refractivity contribution in [3.05, 3.63) is 53.3 Å². The summed E-state index contributed by atoms with van der Waals surface area (Å²) in [7, 11) is 1.60. The van der Waals surface area contributed by atoms with Gasteiger partial charge in [0.25, 0.3) is 0 Å². The number of rotatable bonds is 8. The van der Waals surface area contributed by atoms with Gasteiger partial charge in [-0.05, 0) is 66.7 Å². The zero-order valence-electron chi connectivity index (χ0n) is 17.6. The van der Waals surface area contributed by atoms with Crippen molar-refractivity contribution in [2.45, 2.75) is 26.8 Å². The summed E-state index contributed by atoms with van der Waals surface area (Å²) in [5.74, 6) is 1.30. The molecule has 0 radical (unpaired) electrons. The second-order valence-corrected chi connectivity index (χ2v) is 7.83. The van der Waals surface area contributed by atoms with Crippen LogP contribution in [0.25, 0.3) is 11.4 Å². The molecule has 0 spiro atoms. The summed E-state index contributed by atoms with van der Waals surface area (Å²) >= 11 is 5.29. The first-order chi connectivity index (χ1) is 14.9. The molecule has 3 rings (SSSR count). The van der Waals surface area contributed by atoms with Crippen LogP contribution >= 0.6 is 12.2 Å². The van der Waals surface area contributed by atoms with Gasteiger partial charge in [0.1, 0.15) is 12.3 Å². The molecular formula is C22H25N5O3S. The molecule has 3 aromatic rings. The molecule has 0 saturated carbocycles. The molecule has 2 aromatic carbocycles. The molecule has 0 aliphatic carbocycles. The Bertz CT molecular complexity index is 1100. The summed E-state index contributed by atoms with van der Waals surface area (Å²) in [5.41, 5.74) is 2.11. The summed E-state index contributed by atoms with van der Waals surface area (Å²) in [6.45, 7) is 3.98. The molecule has 0 atom stereocenters. The van der Waals surface area contributed by atoms with E-state index >= 15 is 0 Å². The summed E-state index contributed by atoms with van der Waals surface area (Å²) in [6.07, 6.45) is 0.459. The van der Waals surface area contributed by atoms with Gasteiger partial charge in [0.15, 0.2) is 10.6 Å². The van der Waals surface area contributed by atoms with E-state index in [9.17, 15) is 9.59 Å². The molecule has 8 nitrogen and oxygen atoms in total. The van der Waals surface area contributed by atoms with Gasteiger partial charge in [0.2, 0.25) is 11.8 Å². The normalized spacial score (nSPS) is 10.7. The number of benzene rings is 2. The number of hydrogen-bond acceptors (Lipinski definition) is 5. The number of aromatic amines is 1. The molecule has 1 aromatic heterocycles. The standard InChI is InChI=1S/C22H25N5O3S/c1-14(2)12-19(28)23-16-6-8-17(9-7-16)24-20(29)13-27-21(25-26-22(27)31)15-4-10-18(30-3)11-5-15/h4-11,14H,12-13H2,1-3H3,(H,23,28)(H,24,29)(H,26,31). The number of carbonyl (C=O) groups excluding carboxylic acids is 2. The number of ether oxygens (including phenoxy) is 1. The molecular weight excluding hydrogens is 414 g/mol. The van der Waals surface area contributed by atoms with Gasteiger partial charge in [-0.2, -0.15) is 5.10 Å². The fourth-order valence-electron chi connectivity index (χ4n) is 2.99. The first-order valence-corrected chi connectivity index (χ1v) is 10.3. The summed E-state index contributed by atoms with van der Waals surface area (Å²) < 4.78 is 7.16. The van der Waals surface area contributed by atoms with Crippen LogP contribution in [0.4, 0.5) is 11.4 Å². The van der Waals surface area contributed by atoms with Gasteiger partial charge in [0.05, 0.1) is 7.11 Å². The largest absolute Gasteiger partial charge is 0.497 e.